The molecule has 0 atom stereocenters. The zero-order chi connectivity index (χ0) is 15.4. The molecule has 4 nitrogen and oxygen atoms in total. The number of nitriles is 1. The molecule has 0 spiro atoms. The van der Waals surface area contributed by atoms with Crippen molar-refractivity contribution in [1.29, 1.82) is 5.26 Å². The molecule has 2 rings (SSSR count). The number of aromatic nitrogens is 1. The average molecular weight is 297 g/mol. The third kappa shape index (κ3) is 3.41. The summed E-state index contributed by atoms with van der Waals surface area (Å²) in [5.74, 6) is 0.101. The largest absolute Gasteiger partial charge is 0.366 e. The van der Waals surface area contributed by atoms with Gasteiger partial charge in [0.25, 0.3) is 0 Å². The first-order valence-electron chi connectivity index (χ1n) is 6.41. The second kappa shape index (κ2) is 6.42. The van der Waals surface area contributed by atoms with Crippen molar-refractivity contribution in [3.8, 4) is 6.07 Å². The van der Waals surface area contributed by atoms with Gasteiger partial charge in [-0.1, -0.05) is 18.2 Å². The average Bonchev–Trinajstić information content (AvgIpc) is 2.44. The second-order valence-electron chi connectivity index (χ2n) is 4.68. The van der Waals surface area contributed by atoms with E-state index in [1.807, 2.05) is 32.0 Å². The van der Waals surface area contributed by atoms with Gasteiger partial charge in [0.2, 0.25) is 5.91 Å². The first kappa shape index (κ1) is 15.1. The van der Waals surface area contributed by atoms with E-state index in [2.05, 4.69) is 11.1 Å². The number of nitrogens with two attached hydrogens (primary N) is 1. The molecule has 0 saturated carbocycles. The molecule has 21 heavy (non-hydrogen) atoms. The van der Waals surface area contributed by atoms with Crippen molar-refractivity contribution in [2.45, 2.75) is 24.6 Å². The van der Waals surface area contributed by atoms with E-state index in [4.69, 9.17) is 5.73 Å². The van der Waals surface area contributed by atoms with Crippen molar-refractivity contribution >= 4 is 17.7 Å². The zero-order valence-corrected chi connectivity index (χ0v) is 12.7. The normalized spacial score (nSPS) is 10.1. The second-order valence-corrected chi connectivity index (χ2v) is 5.65. The maximum atomic E-state index is 11.4. The Bertz CT molecular complexity index is 735. The number of nitrogens with zero attached hydrogens (tertiary/aromatic N) is 2. The van der Waals surface area contributed by atoms with Crippen LogP contribution < -0.4 is 5.73 Å². The molecular weight excluding hydrogens is 282 g/mol. The molecule has 0 fully saturated rings. The van der Waals surface area contributed by atoms with Crippen molar-refractivity contribution in [2.75, 3.05) is 0 Å². The Kier molecular flexibility index (Phi) is 4.61. The van der Waals surface area contributed by atoms with Crippen LogP contribution in [0.2, 0.25) is 0 Å². The van der Waals surface area contributed by atoms with Crippen LogP contribution in [0.3, 0.4) is 0 Å². The number of hydrogen-bond acceptors (Lipinski definition) is 4. The molecule has 1 heterocycles. The molecule has 0 saturated heterocycles. The zero-order valence-electron chi connectivity index (χ0n) is 11.9. The minimum absolute atomic E-state index is 0.444. The lowest BCUT2D eigenvalue weighted by Crippen LogP contribution is -2.13. The predicted molar refractivity (Wildman–Crippen MR) is 82.9 cm³/mol. The molecule has 0 aliphatic rings. The molecule has 1 amide bonds. The van der Waals surface area contributed by atoms with E-state index in [-0.39, 0.29) is 0 Å². The summed E-state index contributed by atoms with van der Waals surface area (Å²) in [7, 11) is 0. The van der Waals surface area contributed by atoms with Crippen LogP contribution in [-0.2, 0) is 5.75 Å². The van der Waals surface area contributed by atoms with E-state index >= 15 is 0 Å². The summed E-state index contributed by atoms with van der Waals surface area (Å²) in [5, 5.41) is 9.94. The predicted octanol–water partition coefficient (Wildman–Crippen LogP) is 2.96. The molecule has 1 aromatic heterocycles. The van der Waals surface area contributed by atoms with Gasteiger partial charge in [-0.3, -0.25) is 4.79 Å². The molecule has 0 aliphatic heterocycles. The molecule has 2 N–H and O–H groups in total. The van der Waals surface area contributed by atoms with Crippen LogP contribution in [0.1, 0.15) is 32.7 Å². The number of primary amides is 1. The molecule has 2 aromatic rings. The lowest BCUT2D eigenvalue weighted by molar-refractivity contribution is 0.0999. The van der Waals surface area contributed by atoms with Gasteiger partial charge in [-0.15, -0.1) is 11.8 Å². The Morgan fingerprint density at radius 2 is 2.10 bits per heavy atom. The van der Waals surface area contributed by atoms with Crippen LogP contribution in [0.5, 0.6) is 0 Å². The van der Waals surface area contributed by atoms with E-state index in [1.165, 1.54) is 11.8 Å². The van der Waals surface area contributed by atoms with Crippen LogP contribution in [0.4, 0.5) is 0 Å². The summed E-state index contributed by atoms with van der Waals surface area (Å²) >= 11 is 1.44. The van der Waals surface area contributed by atoms with Gasteiger partial charge < -0.3 is 5.73 Å². The molecule has 1 aromatic carbocycles. The Balaban J connectivity index is 2.30. The lowest BCUT2D eigenvalue weighted by Gasteiger charge is -2.09. The first-order valence-corrected chi connectivity index (χ1v) is 7.40. The topological polar surface area (TPSA) is 79.8 Å². The van der Waals surface area contributed by atoms with Gasteiger partial charge in [-0.05, 0) is 37.1 Å². The number of pyridine rings is 1. The maximum absolute atomic E-state index is 11.4. The van der Waals surface area contributed by atoms with Gasteiger partial charge in [-0.25, -0.2) is 4.98 Å². The Hall–Kier alpha value is -2.32. The fourth-order valence-corrected chi connectivity index (χ4v) is 3.18. The van der Waals surface area contributed by atoms with Gasteiger partial charge in [0, 0.05) is 17.0 Å². The Morgan fingerprint density at radius 3 is 2.76 bits per heavy atom. The summed E-state index contributed by atoms with van der Waals surface area (Å²) < 4.78 is 0. The molecule has 0 bridgehead atoms. The highest BCUT2D eigenvalue weighted by atomic mass is 32.2. The fraction of sp³-hybridized carbons (Fsp3) is 0.188. The summed E-state index contributed by atoms with van der Waals surface area (Å²) in [4.78, 5) is 15.8. The smallest absolute Gasteiger partial charge is 0.249 e. The number of hydrogen-bond donors (Lipinski definition) is 1. The highest BCUT2D eigenvalue weighted by molar-refractivity contribution is 7.98. The third-order valence-corrected chi connectivity index (χ3v) is 4.09. The fourth-order valence-electron chi connectivity index (χ4n) is 2.08. The molecule has 0 unspecified atom stereocenters. The van der Waals surface area contributed by atoms with Crippen LogP contribution in [0, 0.1) is 25.2 Å². The minimum Gasteiger partial charge on any atom is -0.366 e. The third-order valence-electron chi connectivity index (χ3n) is 3.07. The number of thioether (sulfide) groups is 1. The molecule has 5 heteroatoms. The van der Waals surface area contributed by atoms with Gasteiger partial charge in [0.15, 0.2) is 0 Å². The molecular formula is C16H15N3OS. The standard InChI is InChI=1S/C16H15N3OS/c1-10-7-11(2)19-16(14(10)8-17)21-9-12-5-3-4-6-13(12)15(18)20/h3-7H,9H2,1-2H3,(H2,18,20). The van der Waals surface area contributed by atoms with E-state index in [1.54, 1.807) is 12.1 Å². The number of rotatable bonds is 4. The highest BCUT2D eigenvalue weighted by Gasteiger charge is 2.12. The van der Waals surface area contributed by atoms with Crippen molar-refractivity contribution in [3.05, 3.63) is 58.3 Å². The quantitative estimate of drug-likeness (QED) is 0.880. The molecule has 106 valence electrons. The molecule has 0 aliphatic carbocycles. The van der Waals surface area contributed by atoms with E-state index < -0.39 is 5.91 Å². The SMILES string of the molecule is Cc1cc(C)c(C#N)c(SCc2ccccc2C(N)=O)n1. The monoisotopic (exact) mass is 297 g/mol. The number of aryl methyl sites for hydroxylation is 2. The van der Waals surface area contributed by atoms with Crippen LogP contribution in [0.25, 0.3) is 0 Å². The Morgan fingerprint density at radius 1 is 1.38 bits per heavy atom. The number of carbonyl (C=O) groups is 1. The van der Waals surface area contributed by atoms with Crippen LogP contribution >= 0.6 is 11.8 Å². The van der Waals surface area contributed by atoms with E-state index in [0.29, 0.717) is 21.9 Å². The summed E-state index contributed by atoms with van der Waals surface area (Å²) in [6, 6.07) is 11.3. The number of carbonyl (C=O) groups excluding carboxylic acids is 1. The van der Waals surface area contributed by atoms with E-state index in [0.717, 1.165) is 16.8 Å². The summed E-state index contributed by atoms with van der Waals surface area (Å²) in [6.07, 6.45) is 0. The number of amides is 1. The van der Waals surface area contributed by atoms with Crippen molar-refractivity contribution in [1.82, 2.24) is 4.98 Å². The summed E-state index contributed by atoms with van der Waals surface area (Å²) in [5.41, 5.74) is 9.10. The van der Waals surface area contributed by atoms with E-state index in [9.17, 15) is 10.1 Å². The Labute approximate surface area is 128 Å². The van der Waals surface area contributed by atoms with Crippen molar-refractivity contribution in [3.63, 3.8) is 0 Å². The van der Waals surface area contributed by atoms with Crippen LogP contribution in [-0.4, -0.2) is 10.9 Å². The lowest BCUT2D eigenvalue weighted by atomic mass is 10.1. The van der Waals surface area contributed by atoms with Crippen LogP contribution in [0.15, 0.2) is 35.4 Å². The van der Waals surface area contributed by atoms with Crippen molar-refractivity contribution in [2.24, 2.45) is 5.73 Å². The van der Waals surface area contributed by atoms with Crippen molar-refractivity contribution < 1.29 is 4.79 Å². The first-order chi connectivity index (χ1) is 10.0. The molecule has 0 radical (unpaired) electrons. The van der Waals surface area contributed by atoms with Gasteiger partial charge in [-0.2, -0.15) is 5.26 Å². The number of benzene rings is 1. The van der Waals surface area contributed by atoms with Gasteiger partial charge in [0.1, 0.15) is 11.1 Å². The minimum atomic E-state index is -0.444. The summed E-state index contributed by atoms with van der Waals surface area (Å²) in [6.45, 7) is 3.80. The van der Waals surface area contributed by atoms with Gasteiger partial charge in [0.05, 0.1) is 5.56 Å². The maximum Gasteiger partial charge on any atom is 0.249 e. The highest BCUT2D eigenvalue weighted by Crippen LogP contribution is 2.27. The van der Waals surface area contributed by atoms with Gasteiger partial charge >= 0.3 is 0 Å².